The van der Waals surface area contributed by atoms with E-state index < -0.39 is 0 Å². The van der Waals surface area contributed by atoms with E-state index >= 15 is 0 Å². The van der Waals surface area contributed by atoms with Gasteiger partial charge in [0.1, 0.15) is 17.4 Å². The van der Waals surface area contributed by atoms with Crippen molar-refractivity contribution in [3.05, 3.63) is 82.6 Å². The summed E-state index contributed by atoms with van der Waals surface area (Å²) < 4.78 is 13.3. The van der Waals surface area contributed by atoms with Gasteiger partial charge in [-0.05, 0) is 42.0 Å². The van der Waals surface area contributed by atoms with Crippen molar-refractivity contribution in [2.45, 2.75) is 19.8 Å². The Morgan fingerprint density at radius 3 is 2.81 bits per heavy atom. The fraction of sp³-hybridized carbons (Fsp3) is 0.174. The highest BCUT2D eigenvalue weighted by Crippen LogP contribution is 2.28. The lowest BCUT2D eigenvalue weighted by Crippen LogP contribution is -2.06. The summed E-state index contributed by atoms with van der Waals surface area (Å²) >= 11 is 7.67. The second-order valence-electron chi connectivity index (χ2n) is 7.21. The molecule has 0 fully saturated rings. The fourth-order valence-corrected chi connectivity index (χ4v) is 4.21. The van der Waals surface area contributed by atoms with Crippen LogP contribution in [0, 0.1) is 0 Å². The number of ether oxygens (including phenoxy) is 2. The quantitative estimate of drug-likeness (QED) is 0.297. The van der Waals surface area contributed by atoms with Crippen LogP contribution >= 0.6 is 22.9 Å². The van der Waals surface area contributed by atoms with Crippen LogP contribution in [-0.2, 0) is 24.5 Å². The SMILES string of the molecule is Clc1ccc2[nH]c(-c3nc(COc4ccc(COCCn5ccnn5)cc4)cs3)cc2c1. The average Bonchev–Trinajstić information content (AvgIpc) is 3.56. The molecular formula is C23H20ClN5O2S. The van der Waals surface area contributed by atoms with Gasteiger partial charge in [-0.3, -0.25) is 4.68 Å². The van der Waals surface area contributed by atoms with E-state index in [0.29, 0.717) is 26.4 Å². The van der Waals surface area contributed by atoms with Crippen LogP contribution < -0.4 is 4.74 Å². The van der Waals surface area contributed by atoms with Crippen LogP contribution in [0.1, 0.15) is 11.3 Å². The topological polar surface area (TPSA) is 77.9 Å². The maximum absolute atomic E-state index is 6.08. The monoisotopic (exact) mass is 465 g/mol. The maximum atomic E-state index is 6.08. The molecule has 0 bridgehead atoms. The molecule has 0 radical (unpaired) electrons. The van der Waals surface area contributed by atoms with E-state index in [1.165, 1.54) is 0 Å². The van der Waals surface area contributed by atoms with Crippen LogP contribution in [0.5, 0.6) is 5.75 Å². The van der Waals surface area contributed by atoms with E-state index in [2.05, 4.69) is 21.4 Å². The molecule has 1 N–H and O–H groups in total. The summed E-state index contributed by atoms with van der Waals surface area (Å²) in [5, 5.41) is 12.4. The standard InChI is InChI=1S/C23H20ClN5O2S/c24-18-3-6-21-17(11-18)12-22(27-21)23-26-19(15-32-23)14-31-20-4-1-16(2-5-20)13-30-10-9-29-8-7-25-28-29/h1-8,11-12,15,27H,9-10,13-14H2. The molecule has 7 nitrogen and oxygen atoms in total. The number of H-pyrrole nitrogens is 1. The largest absolute Gasteiger partial charge is 0.487 e. The Labute approximate surface area is 193 Å². The van der Waals surface area contributed by atoms with Crippen molar-refractivity contribution in [2.75, 3.05) is 6.61 Å². The highest BCUT2D eigenvalue weighted by molar-refractivity contribution is 7.13. The number of hydrogen-bond donors (Lipinski definition) is 1. The Morgan fingerprint density at radius 1 is 1.06 bits per heavy atom. The van der Waals surface area contributed by atoms with E-state index in [-0.39, 0.29) is 0 Å². The van der Waals surface area contributed by atoms with E-state index in [9.17, 15) is 0 Å². The van der Waals surface area contributed by atoms with E-state index in [1.807, 2.05) is 54.0 Å². The number of thiazole rings is 1. The molecule has 0 atom stereocenters. The Morgan fingerprint density at radius 2 is 1.97 bits per heavy atom. The lowest BCUT2D eigenvalue weighted by molar-refractivity contribution is 0.110. The van der Waals surface area contributed by atoms with Gasteiger partial charge in [0.15, 0.2) is 0 Å². The third kappa shape index (κ3) is 4.99. The highest BCUT2D eigenvalue weighted by Gasteiger charge is 2.09. The Hall–Kier alpha value is -3.20. The van der Waals surface area contributed by atoms with Crippen LogP contribution in [-0.4, -0.2) is 31.6 Å². The van der Waals surface area contributed by atoms with Gasteiger partial charge in [-0.15, -0.1) is 16.4 Å². The van der Waals surface area contributed by atoms with Crippen LogP contribution in [0.2, 0.25) is 5.02 Å². The van der Waals surface area contributed by atoms with Crippen LogP contribution in [0.25, 0.3) is 21.6 Å². The number of aromatic nitrogens is 5. The summed E-state index contributed by atoms with van der Waals surface area (Å²) in [6.07, 6.45) is 3.47. The molecule has 3 heterocycles. The molecule has 0 saturated carbocycles. The van der Waals surface area contributed by atoms with Crippen molar-refractivity contribution in [3.63, 3.8) is 0 Å². The fourth-order valence-electron chi connectivity index (χ4n) is 3.25. The molecule has 5 aromatic rings. The normalized spacial score (nSPS) is 11.3. The number of rotatable bonds is 9. The number of halogens is 1. The molecular weight excluding hydrogens is 446 g/mol. The van der Waals surface area contributed by atoms with Crippen molar-refractivity contribution in [2.24, 2.45) is 0 Å². The minimum atomic E-state index is 0.413. The van der Waals surface area contributed by atoms with Gasteiger partial charge in [0.2, 0.25) is 0 Å². The molecule has 3 aromatic heterocycles. The number of nitrogens with zero attached hydrogens (tertiary/aromatic N) is 4. The van der Waals surface area contributed by atoms with Gasteiger partial charge in [-0.1, -0.05) is 28.9 Å². The summed E-state index contributed by atoms with van der Waals surface area (Å²) in [7, 11) is 0. The second-order valence-corrected chi connectivity index (χ2v) is 8.50. The molecule has 0 aliphatic heterocycles. The summed E-state index contributed by atoms with van der Waals surface area (Å²) in [5.74, 6) is 0.797. The van der Waals surface area contributed by atoms with Crippen LogP contribution in [0.15, 0.2) is 66.3 Å². The zero-order valence-electron chi connectivity index (χ0n) is 17.1. The third-order valence-corrected chi connectivity index (χ3v) is 6.04. The predicted octanol–water partition coefficient (Wildman–Crippen LogP) is 5.33. The molecule has 0 aliphatic rings. The lowest BCUT2D eigenvalue weighted by Gasteiger charge is -2.07. The van der Waals surface area contributed by atoms with Crippen molar-refractivity contribution >= 4 is 33.8 Å². The van der Waals surface area contributed by atoms with Crippen molar-refractivity contribution in [1.29, 1.82) is 0 Å². The lowest BCUT2D eigenvalue weighted by atomic mass is 10.2. The molecule has 162 valence electrons. The number of fused-ring (bicyclic) bond motifs is 1. The smallest absolute Gasteiger partial charge is 0.140 e. The third-order valence-electron chi connectivity index (χ3n) is 4.88. The molecule has 0 unspecified atom stereocenters. The minimum absolute atomic E-state index is 0.413. The molecule has 32 heavy (non-hydrogen) atoms. The van der Waals surface area contributed by atoms with Crippen LogP contribution in [0.4, 0.5) is 0 Å². The predicted molar refractivity (Wildman–Crippen MR) is 125 cm³/mol. The Kier molecular flexibility index (Phi) is 6.15. The Bertz CT molecular complexity index is 1300. The number of nitrogens with one attached hydrogen (secondary N) is 1. The van der Waals surface area contributed by atoms with E-state index in [1.54, 1.807) is 22.2 Å². The van der Waals surface area contributed by atoms with Crippen LogP contribution in [0.3, 0.4) is 0 Å². The number of hydrogen-bond acceptors (Lipinski definition) is 6. The number of benzene rings is 2. The molecule has 0 amide bonds. The minimum Gasteiger partial charge on any atom is -0.487 e. The van der Waals surface area contributed by atoms with Crippen molar-refractivity contribution < 1.29 is 9.47 Å². The molecule has 0 saturated heterocycles. The second kappa shape index (κ2) is 9.52. The van der Waals surface area contributed by atoms with Gasteiger partial charge >= 0.3 is 0 Å². The van der Waals surface area contributed by atoms with Gasteiger partial charge in [0.25, 0.3) is 0 Å². The average molecular weight is 466 g/mol. The first kappa shape index (κ1) is 20.7. The van der Waals surface area contributed by atoms with Gasteiger partial charge in [-0.2, -0.15) is 0 Å². The zero-order valence-corrected chi connectivity index (χ0v) is 18.6. The molecule has 0 spiro atoms. The molecule has 9 heteroatoms. The Balaban J connectivity index is 1.12. The first-order valence-corrected chi connectivity index (χ1v) is 11.4. The zero-order chi connectivity index (χ0) is 21.8. The molecule has 5 rings (SSSR count). The highest BCUT2D eigenvalue weighted by atomic mass is 35.5. The van der Waals surface area contributed by atoms with Gasteiger partial charge in [0.05, 0.1) is 37.3 Å². The van der Waals surface area contributed by atoms with E-state index in [4.69, 9.17) is 26.1 Å². The van der Waals surface area contributed by atoms with Gasteiger partial charge < -0.3 is 14.5 Å². The number of aromatic amines is 1. The van der Waals surface area contributed by atoms with Crippen molar-refractivity contribution in [3.8, 4) is 16.5 Å². The van der Waals surface area contributed by atoms with Gasteiger partial charge in [0, 0.05) is 27.5 Å². The summed E-state index contributed by atoms with van der Waals surface area (Å²) in [6.45, 7) is 2.22. The molecule has 0 aliphatic carbocycles. The first-order chi connectivity index (χ1) is 15.7. The molecule has 2 aromatic carbocycles. The first-order valence-electron chi connectivity index (χ1n) is 10.1. The summed E-state index contributed by atoms with van der Waals surface area (Å²) in [6, 6.07) is 15.8. The summed E-state index contributed by atoms with van der Waals surface area (Å²) in [4.78, 5) is 8.09. The van der Waals surface area contributed by atoms with Gasteiger partial charge in [-0.25, -0.2) is 4.98 Å². The maximum Gasteiger partial charge on any atom is 0.140 e. The summed E-state index contributed by atoms with van der Waals surface area (Å²) in [5.41, 5.74) is 4.00. The van der Waals surface area contributed by atoms with Crippen molar-refractivity contribution in [1.82, 2.24) is 25.0 Å². The van der Waals surface area contributed by atoms with E-state index in [0.717, 1.165) is 43.6 Å².